The zero-order valence-electron chi connectivity index (χ0n) is 20.5. The number of carboxylic acids is 1. The first kappa shape index (κ1) is 25.6. The van der Waals surface area contributed by atoms with Gasteiger partial charge in [0.1, 0.15) is 5.75 Å². The molecule has 1 heterocycles. The summed E-state index contributed by atoms with van der Waals surface area (Å²) in [6, 6.07) is 5.89. The van der Waals surface area contributed by atoms with Gasteiger partial charge in [0.25, 0.3) is 0 Å². The molecule has 180 valence electrons. The number of carbonyl (C=O) groups is 1. The molecule has 0 radical (unpaired) electrons. The number of hydrazine groups is 1. The molecule has 1 aliphatic heterocycles. The fourth-order valence-electron chi connectivity index (χ4n) is 4.74. The number of nitrogens with two attached hydrogens (primary N) is 1. The van der Waals surface area contributed by atoms with Crippen LogP contribution in [0, 0.1) is 17.3 Å². The maximum Gasteiger partial charge on any atom is 0.312 e. The largest absolute Gasteiger partial charge is 0.497 e. The number of hydrogen-bond donors (Lipinski definition) is 2. The lowest BCUT2D eigenvalue weighted by Gasteiger charge is -2.31. The van der Waals surface area contributed by atoms with Crippen LogP contribution in [0.3, 0.4) is 0 Å². The predicted octanol–water partition coefficient (Wildman–Crippen LogP) is 6.09. The van der Waals surface area contributed by atoms with E-state index in [0.29, 0.717) is 6.54 Å². The molecule has 0 saturated heterocycles. The third-order valence-corrected chi connectivity index (χ3v) is 8.07. The molecule has 1 aromatic carbocycles. The van der Waals surface area contributed by atoms with Crippen LogP contribution in [0.2, 0.25) is 0 Å². The van der Waals surface area contributed by atoms with Gasteiger partial charge in [0.15, 0.2) is 0 Å². The summed E-state index contributed by atoms with van der Waals surface area (Å²) in [6.45, 7) is 7.25. The Morgan fingerprint density at radius 1 is 1.33 bits per heavy atom. The number of methoxy groups -OCH3 is 1. The Morgan fingerprint density at radius 3 is 2.64 bits per heavy atom. The number of carboxylic acid groups (broad SMARTS) is 1. The standard InChI is InChI=1S/C20H28N2O3S.C7H10/c1-20(2)8-7-16-15(10-20)17(19(23)24)18(26-16)14-9-13(25-4)6-5-12(14)11-22(3)21;1-7-5-3-2-4-6-7/h5-6,9,17-18H,7-8,10-11,21H2,1-4H3,(H,23,24);2-5,7H,6H2,1H3. The van der Waals surface area contributed by atoms with Crippen LogP contribution in [0.4, 0.5) is 0 Å². The first-order chi connectivity index (χ1) is 15.6. The minimum absolute atomic E-state index is 0.128. The molecule has 1 aromatic rings. The highest BCUT2D eigenvalue weighted by molar-refractivity contribution is 8.03. The number of benzene rings is 1. The maximum absolute atomic E-state index is 12.2. The van der Waals surface area contributed by atoms with Gasteiger partial charge in [0.05, 0.1) is 18.3 Å². The van der Waals surface area contributed by atoms with Crippen LogP contribution >= 0.6 is 11.8 Å². The monoisotopic (exact) mass is 470 g/mol. The summed E-state index contributed by atoms with van der Waals surface area (Å²) in [5.74, 6) is 6.18. The molecule has 3 unspecified atom stereocenters. The number of rotatable bonds is 5. The lowest BCUT2D eigenvalue weighted by atomic mass is 9.73. The van der Waals surface area contributed by atoms with Crippen LogP contribution in [0.1, 0.15) is 62.8 Å². The second-order valence-electron chi connectivity index (χ2n) is 10.1. The topological polar surface area (TPSA) is 75.8 Å². The Morgan fingerprint density at radius 2 is 2.09 bits per heavy atom. The van der Waals surface area contributed by atoms with E-state index >= 15 is 0 Å². The second kappa shape index (κ2) is 10.9. The lowest BCUT2D eigenvalue weighted by Crippen LogP contribution is -2.27. The zero-order valence-corrected chi connectivity index (χ0v) is 21.3. The average Bonchev–Trinajstić information content (AvgIpc) is 3.12. The van der Waals surface area contributed by atoms with Crippen molar-refractivity contribution in [1.29, 1.82) is 0 Å². The van der Waals surface area contributed by atoms with Gasteiger partial charge >= 0.3 is 5.97 Å². The number of ether oxygens (including phenoxy) is 1. The summed E-state index contributed by atoms with van der Waals surface area (Å²) in [6.07, 6.45) is 12.8. The number of hydrogen-bond acceptors (Lipinski definition) is 5. The molecule has 0 amide bonds. The van der Waals surface area contributed by atoms with Gasteiger partial charge < -0.3 is 9.84 Å². The van der Waals surface area contributed by atoms with E-state index in [0.717, 1.165) is 47.6 Å². The summed E-state index contributed by atoms with van der Waals surface area (Å²) in [4.78, 5) is 13.5. The van der Waals surface area contributed by atoms with Gasteiger partial charge in [0, 0.05) is 13.6 Å². The lowest BCUT2D eigenvalue weighted by molar-refractivity contribution is -0.140. The first-order valence-corrected chi connectivity index (χ1v) is 12.6. The molecule has 33 heavy (non-hydrogen) atoms. The molecular weight excluding hydrogens is 432 g/mol. The van der Waals surface area contributed by atoms with Crippen LogP contribution in [0.25, 0.3) is 0 Å². The Kier molecular flexibility index (Phi) is 8.48. The fraction of sp³-hybridized carbons (Fsp3) is 0.519. The summed E-state index contributed by atoms with van der Waals surface area (Å²) in [7, 11) is 3.45. The van der Waals surface area contributed by atoms with Crippen molar-refractivity contribution in [3.8, 4) is 5.75 Å². The summed E-state index contributed by atoms with van der Waals surface area (Å²) >= 11 is 1.73. The average molecular weight is 471 g/mol. The third-order valence-electron chi connectivity index (χ3n) is 6.54. The predicted molar refractivity (Wildman–Crippen MR) is 137 cm³/mol. The number of nitrogens with zero attached hydrogens (tertiary/aromatic N) is 1. The van der Waals surface area contributed by atoms with E-state index in [-0.39, 0.29) is 10.7 Å². The summed E-state index contributed by atoms with van der Waals surface area (Å²) < 4.78 is 5.41. The minimum atomic E-state index is -0.736. The summed E-state index contributed by atoms with van der Waals surface area (Å²) in [5, 5.41) is 11.5. The maximum atomic E-state index is 12.2. The molecule has 0 aromatic heterocycles. The van der Waals surface area contributed by atoms with E-state index in [1.807, 2.05) is 25.2 Å². The van der Waals surface area contributed by atoms with Crippen molar-refractivity contribution < 1.29 is 14.6 Å². The highest BCUT2D eigenvalue weighted by atomic mass is 32.2. The molecular formula is C27H38N2O3S. The Bertz CT molecular complexity index is 949. The number of thioether (sulfide) groups is 1. The molecule has 4 rings (SSSR count). The molecule has 0 saturated carbocycles. The van der Waals surface area contributed by atoms with Gasteiger partial charge in [0.2, 0.25) is 0 Å². The van der Waals surface area contributed by atoms with Gasteiger partial charge in [-0.15, -0.1) is 11.8 Å². The van der Waals surface area contributed by atoms with Crippen molar-refractivity contribution in [2.24, 2.45) is 23.1 Å². The highest BCUT2D eigenvalue weighted by Gasteiger charge is 2.45. The van der Waals surface area contributed by atoms with Crippen LogP contribution < -0.4 is 10.6 Å². The van der Waals surface area contributed by atoms with Gasteiger partial charge in [-0.1, -0.05) is 51.1 Å². The first-order valence-electron chi connectivity index (χ1n) is 11.7. The van der Waals surface area contributed by atoms with E-state index in [1.165, 1.54) is 11.3 Å². The number of aliphatic carboxylic acids is 1. The Balaban J connectivity index is 0.000000374. The third kappa shape index (κ3) is 6.52. The van der Waals surface area contributed by atoms with Crippen molar-refractivity contribution in [1.82, 2.24) is 5.01 Å². The van der Waals surface area contributed by atoms with E-state index in [2.05, 4.69) is 45.1 Å². The van der Waals surface area contributed by atoms with Gasteiger partial charge in [-0.3, -0.25) is 10.6 Å². The van der Waals surface area contributed by atoms with Crippen molar-refractivity contribution in [3.05, 3.63) is 64.1 Å². The van der Waals surface area contributed by atoms with Crippen molar-refractivity contribution in [2.45, 2.75) is 58.2 Å². The molecule has 3 N–H and O–H groups in total. The van der Waals surface area contributed by atoms with E-state index in [9.17, 15) is 9.90 Å². The van der Waals surface area contributed by atoms with Crippen molar-refractivity contribution in [3.63, 3.8) is 0 Å². The molecule has 3 atom stereocenters. The van der Waals surface area contributed by atoms with E-state index in [4.69, 9.17) is 10.6 Å². The normalized spacial score (nSPS) is 25.5. The second-order valence-corrected chi connectivity index (χ2v) is 11.4. The smallest absolute Gasteiger partial charge is 0.312 e. The molecule has 6 heteroatoms. The highest BCUT2D eigenvalue weighted by Crippen LogP contribution is 2.59. The van der Waals surface area contributed by atoms with Crippen molar-refractivity contribution in [2.75, 3.05) is 14.2 Å². The van der Waals surface area contributed by atoms with Crippen LogP contribution in [0.15, 0.2) is 53.0 Å². The molecule has 2 aliphatic carbocycles. The summed E-state index contributed by atoms with van der Waals surface area (Å²) in [5.41, 5.74) is 3.36. The molecule has 0 spiro atoms. The SMILES string of the molecule is CC1C=CC=CC1.COc1ccc(CN(C)N)c(C2SC3=C(CC(C)(C)CC3)C2C(=O)O)c1. The quantitative estimate of drug-likeness (QED) is 0.400. The van der Waals surface area contributed by atoms with Gasteiger partial charge in [-0.05, 0) is 70.8 Å². The Labute approximate surface area is 202 Å². The zero-order chi connectivity index (χ0) is 24.2. The van der Waals surface area contributed by atoms with Crippen LogP contribution in [-0.4, -0.2) is 30.2 Å². The molecule has 5 nitrogen and oxygen atoms in total. The molecule has 0 fully saturated rings. The van der Waals surface area contributed by atoms with E-state index in [1.54, 1.807) is 23.9 Å². The minimum Gasteiger partial charge on any atom is -0.497 e. The van der Waals surface area contributed by atoms with Crippen molar-refractivity contribution >= 4 is 17.7 Å². The van der Waals surface area contributed by atoms with Crippen LogP contribution in [0.5, 0.6) is 5.75 Å². The fourth-order valence-corrected chi connectivity index (χ4v) is 6.38. The molecule has 3 aliphatic rings. The Hall–Kier alpha value is -2.02. The molecule has 0 bridgehead atoms. The van der Waals surface area contributed by atoms with E-state index < -0.39 is 11.9 Å². The van der Waals surface area contributed by atoms with Gasteiger partial charge in [-0.2, -0.15) is 0 Å². The van der Waals surface area contributed by atoms with Crippen LogP contribution in [-0.2, 0) is 11.3 Å². The van der Waals surface area contributed by atoms with Gasteiger partial charge in [-0.25, -0.2) is 5.01 Å². The number of allylic oxidation sites excluding steroid dienone is 5.